The van der Waals surface area contributed by atoms with E-state index in [2.05, 4.69) is 36.1 Å². The zero-order chi connectivity index (χ0) is 13.8. The molecule has 1 aromatic rings. The lowest BCUT2D eigenvalue weighted by Gasteiger charge is -2.33. The normalized spacial score (nSPS) is 16.4. The van der Waals surface area contributed by atoms with E-state index in [9.17, 15) is 0 Å². The van der Waals surface area contributed by atoms with Crippen molar-refractivity contribution in [2.75, 3.05) is 24.3 Å². The molecule has 106 valence electrons. The average molecular weight is 262 g/mol. The molecule has 0 spiro atoms. The average Bonchev–Trinajstić information content (AvgIpc) is 2.47. The molecule has 0 unspecified atom stereocenters. The van der Waals surface area contributed by atoms with Crippen molar-refractivity contribution in [1.29, 1.82) is 0 Å². The van der Waals surface area contributed by atoms with Gasteiger partial charge in [0, 0.05) is 32.1 Å². The standard InChI is InChI=1S/C15H26N4/c1-5-13-17-14(16-3)11(2)15(18-13)19(4)12-9-7-6-8-10-12/h12H,5-10H2,1-4H3,(H,16,17,18). The third-order valence-corrected chi connectivity index (χ3v) is 4.18. The molecule has 0 aliphatic heterocycles. The van der Waals surface area contributed by atoms with Gasteiger partial charge < -0.3 is 10.2 Å². The fraction of sp³-hybridized carbons (Fsp3) is 0.733. The molecule has 1 N–H and O–H groups in total. The summed E-state index contributed by atoms with van der Waals surface area (Å²) in [5.74, 6) is 2.99. The Hall–Kier alpha value is -1.32. The van der Waals surface area contributed by atoms with E-state index in [1.165, 1.54) is 32.1 Å². The van der Waals surface area contributed by atoms with Crippen molar-refractivity contribution in [2.45, 2.75) is 58.4 Å². The van der Waals surface area contributed by atoms with Crippen LogP contribution in [0.2, 0.25) is 0 Å². The molecule has 0 radical (unpaired) electrons. The highest BCUT2D eigenvalue weighted by atomic mass is 15.2. The van der Waals surface area contributed by atoms with Gasteiger partial charge in [-0.3, -0.25) is 0 Å². The van der Waals surface area contributed by atoms with Gasteiger partial charge in [-0.2, -0.15) is 0 Å². The largest absolute Gasteiger partial charge is 0.373 e. The monoisotopic (exact) mass is 262 g/mol. The maximum atomic E-state index is 4.75. The summed E-state index contributed by atoms with van der Waals surface area (Å²) < 4.78 is 0. The zero-order valence-corrected chi connectivity index (χ0v) is 12.7. The lowest BCUT2D eigenvalue weighted by molar-refractivity contribution is 0.425. The molecule has 0 amide bonds. The van der Waals surface area contributed by atoms with E-state index in [1.54, 1.807) is 0 Å². The number of nitrogens with one attached hydrogen (secondary N) is 1. The molecule has 4 nitrogen and oxygen atoms in total. The van der Waals surface area contributed by atoms with Gasteiger partial charge in [-0.25, -0.2) is 9.97 Å². The summed E-state index contributed by atoms with van der Waals surface area (Å²) in [5.41, 5.74) is 1.16. The van der Waals surface area contributed by atoms with Crippen molar-refractivity contribution in [3.05, 3.63) is 11.4 Å². The van der Waals surface area contributed by atoms with Crippen LogP contribution in [0, 0.1) is 6.92 Å². The molecule has 0 saturated heterocycles. The van der Waals surface area contributed by atoms with Gasteiger partial charge in [0.05, 0.1) is 0 Å². The van der Waals surface area contributed by atoms with Crippen LogP contribution in [0.4, 0.5) is 11.6 Å². The Morgan fingerprint density at radius 1 is 1.21 bits per heavy atom. The molecular weight excluding hydrogens is 236 g/mol. The lowest BCUT2D eigenvalue weighted by Crippen LogP contribution is -2.34. The van der Waals surface area contributed by atoms with Gasteiger partial charge in [-0.15, -0.1) is 0 Å². The van der Waals surface area contributed by atoms with Crippen molar-refractivity contribution in [1.82, 2.24) is 9.97 Å². The van der Waals surface area contributed by atoms with Crippen LogP contribution in [-0.2, 0) is 6.42 Å². The van der Waals surface area contributed by atoms with Crippen molar-refractivity contribution < 1.29 is 0 Å². The molecule has 1 aliphatic rings. The van der Waals surface area contributed by atoms with E-state index in [-0.39, 0.29) is 0 Å². The Morgan fingerprint density at radius 3 is 2.47 bits per heavy atom. The van der Waals surface area contributed by atoms with Crippen LogP contribution in [0.5, 0.6) is 0 Å². The number of rotatable bonds is 4. The summed E-state index contributed by atoms with van der Waals surface area (Å²) in [5, 5.41) is 3.19. The molecule has 1 heterocycles. The minimum absolute atomic E-state index is 0.636. The number of hydrogen-bond acceptors (Lipinski definition) is 4. The first kappa shape index (κ1) is 14.1. The van der Waals surface area contributed by atoms with Gasteiger partial charge in [0.2, 0.25) is 0 Å². The summed E-state index contributed by atoms with van der Waals surface area (Å²) in [6.45, 7) is 4.22. The third-order valence-electron chi connectivity index (χ3n) is 4.18. The van der Waals surface area contributed by atoms with Crippen LogP contribution in [0.3, 0.4) is 0 Å². The number of aromatic nitrogens is 2. The van der Waals surface area contributed by atoms with Gasteiger partial charge >= 0.3 is 0 Å². The minimum atomic E-state index is 0.636. The molecule has 0 bridgehead atoms. The lowest BCUT2D eigenvalue weighted by atomic mass is 9.94. The minimum Gasteiger partial charge on any atom is -0.373 e. The maximum absolute atomic E-state index is 4.75. The molecule has 1 saturated carbocycles. The second-order valence-corrected chi connectivity index (χ2v) is 5.44. The molecule has 1 aromatic heterocycles. The number of anilines is 2. The Labute approximate surface area is 116 Å². The number of aryl methyl sites for hydroxylation is 1. The highest BCUT2D eigenvalue weighted by molar-refractivity contribution is 5.58. The van der Waals surface area contributed by atoms with Crippen molar-refractivity contribution in [3.8, 4) is 0 Å². The van der Waals surface area contributed by atoms with E-state index >= 15 is 0 Å². The van der Waals surface area contributed by atoms with Crippen LogP contribution >= 0.6 is 0 Å². The Kier molecular flexibility index (Phi) is 4.61. The van der Waals surface area contributed by atoms with Crippen molar-refractivity contribution in [2.24, 2.45) is 0 Å². The second kappa shape index (κ2) is 6.22. The van der Waals surface area contributed by atoms with Crippen LogP contribution in [0.25, 0.3) is 0 Å². The molecule has 19 heavy (non-hydrogen) atoms. The Morgan fingerprint density at radius 2 is 1.89 bits per heavy atom. The second-order valence-electron chi connectivity index (χ2n) is 5.44. The van der Waals surface area contributed by atoms with E-state index in [4.69, 9.17) is 4.98 Å². The fourth-order valence-corrected chi connectivity index (χ4v) is 2.94. The van der Waals surface area contributed by atoms with Gasteiger partial charge in [0.25, 0.3) is 0 Å². The maximum Gasteiger partial charge on any atom is 0.137 e. The summed E-state index contributed by atoms with van der Waals surface area (Å²) in [6.07, 6.45) is 7.53. The first-order chi connectivity index (χ1) is 9.17. The van der Waals surface area contributed by atoms with E-state index in [0.717, 1.165) is 29.4 Å². The third kappa shape index (κ3) is 2.99. The SMILES string of the molecule is CCc1nc(NC)c(C)c(N(C)C2CCCCC2)n1. The predicted octanol–water partition coefficient (Wildman–Crippen LogP) is 3.16. The topological polar surface area (TPSA) is 41.1 Å². The first-order valence-corrected chi connectivity index (χ1v) is 7.45. The van der Waals surface area contributed by atoms with E-state index in [1.807, 2.05) is 7.05 Å². The van der Waals surface area contributed by atoms with E-state index in [0.29, 0.717) is 6.04 Å². The highest BCUT2D eigenvalue weighted by Gasteiger charge is 2.22. The van der Waals surface area contributed by atoms with Crippen molar-refractivity contribution in [3.63, 3.8) is 0 Å². The molecule has 0 atom stereocenters. The summed E-state index contributed by atoms with van der Waals surface area (Å²) in [7, 11) is 4.11. The number of hydrogen-bond donors (Lipinski definition) is 1. The highest BCUT2D eigenvalue weighted by Crippen LogP contribution is 2.29. The van der Waals surface area contributed by atoms with Crippen LogP contribution in [0.1, 0.15) is 50.4 Å². The first-order valence-electron chi connectivity index (χ1n) is 7.45. The fourth-order valence-electron chi connectivity index (χ4n) is 2.94. The molecule has 1 aliphatic carbocycles. The van der Waals surface area contributed by atoms with Crippen LogP contribution < -0.4 is 10.2 Å². The molecule has 4 heteroatoms. The molecular formula is C15H26N4. The van der Waals surface area contributed by atoms with Crippen LogP contribution in [0.15, 0.2) is 0 Å². The molecule has 1 fully saturated rings. The van der Waals surface area contributed by atoms with Gasteiger partial charge in [0.1, 0.15) is 17.5 Å². The predicted molar refractivity (Wildman–Crippen MR) is 81.0 cm³/mol. The molecule has 0 aromatic carbocycles. The van der Waals surface area contributed by atoms with Gasteiger partial charge in [-0.1, -0.05) is 26.2 Å². The van der Waals surface area contributed by atoms with E-state index < -0.39 is 0 Å². The Balaban J connectivity index is 2.31. The van der Waals surface area contributed by atoms with Crippen LogP contribution in [-0.4, -0.2) is 30.1 Å². The van der Waals surface area contributed by atoms with Gasteiger partial charge in [-0.05, 0) is 19.8 Å². The summed E-state index contributed by atoms with van der Waals surface area (Å²) in [4.78, 5) is 11.7. The quantitative estimate of drug-likeness (QED) is 0.905. The zero-order valence-electron chi connectivity index (χ0n) is 12.7. The number of nitrogens with zero attached hydrogens (tertiary/aromatic N) is 3. The smallest absolute Gasteiger partial charge is 0.137 e. The van der Waals surface area contributed by atoms with Gasteiger partial charge in [0.15, 0.2) is 0 Å². The Bertz CT molecular complexity index is 424. The van der Waals surface area contributed by atoms with Crippen molar-refractivity contribution >= 4 is 11.6 Å². The summed E-state index contributed by atoms with van der Waals surface area (Å²) >= 11 is 0. The molecule has 2 rings (SSSR count). The summed E-state index contributed by atoms with van der Waals surface area (Å²) in [6, 6.07) is 0.636.